The van der Waals surface area contributed by atoms with E-state index in [1.165, 1.54) is 0 Å². The van der Waals surface area contributed by atoms with Crippen LogP contribution in [0, 0.1) is 5.92 Å². The van der Waals surface area contributed by atoms with Crippen LogP contribution < -0.4 is 10.3 Å². The van der Waals surface area contributed by atoms with Crippen molar-refractivity contribution in [2.24, 2.45) is 5.92 Å². The van der Waals surface area contributed by atoms with Crippen molar-refractivity contribution in [3.05, 3.63) is 101 Å². The van der Waals surface area contributed by atoms with Gasteiger partial charge >= 0.3 is 0 Å². The SMILES string of the molecule is COc1ccccc1-n1c(C(C)N(CCC(C)C)C(=O)COCc2ccccc2)nc2ccccc2c1=O. The number of carbonyl (C=O) groups excluding carboxylic acids is 1. The maximum Gasteiger partial charge on any atom is 0.266 e. The molecule has 0 N–H and O–H groups in total. The third-order valence-electron chi connectivity index (χ3n) is 6.57. The van der Waals surface area contributed by atoms with E-state index in [4.69, 9.17) is 14.5 Å². The van der Waals surface area contributed by atoms with Crippen LogP contribution in [0.2, 0.25) is 0 Å². The second kappa shape index (κ2) is 12.5. The summed E-state index contributed by atoms with van der Waals surface area (Å²) in [6.07, 6.45) is 0.807. The fourth-order valence-corrected chi connectivity index (χ4v) is 4.46. The molecule has 0 radical (unpaired) electrons. The van der Waals surface area contributed by atoms with Crippen LogP contribution in [0.4, 0.5) is 0 Å². The van der Waals surface area contributed by atoms with Crippen LogP contribution in [-0.2, 0) is 16.1 Å². The molecule has 1 atom stereocenters. The molecule has 0 saturated carbocycles. The Balaban J connectivity index is 1.74. The van der Waals surface area contributed by atoms with Gasteiger partial charge in [0.15, 0.2) is 0 Å². The average Bonchev–Trinajstić information content (AvgIpc) is 2.93. The van der Waals surface area contributed by atoms with Crippen molar-refractivity contribution in [1.29, 1.82) is 0 Å². The summed E-state index contributed by atoms with van der Waals surface area (Å²) in [5, 5.41) is 0.501. The number of benzene rings is 3. The summed E-state index contributed by atoms with van der Waals surface area (Å²) in [4.78, 5) is 34.1. The molecule has 7 heteroatoms. The van der Waals surface area contributed by atoms with Crippen LogP contribution >= 0.6 is 0 Å². The third-order valence-corrected chi connectivity index (χ3v) is 6.57. The Hall–Kier alpha value is -3.97. The Morgan fingerprint density at radius 2 is 1.63 bits per heavy atom. The zero-order valence-electron chi connectivity index (χ0n) is 22.5. The lowest BCUT2D eigenvalue weighted by atomic mass is 10.1. The minimum atomic E-state index is -0.496. The molecule has 0 aliphatic heterocycles. The van der Waals surface area contributed by atoms with Gasteiger partial charge in [0.1, 0.15) is 18.2 Å². The second-order valence-corrected chi connectivity index (χ2v) is 9.72. The van der Waals surface area contributed by atoms with Gasteiger partial charge in [0.2, 0.25) is 5.91 Å². The number of hydrogen-bond acceptors (Lipinski definition) is 5. The number of ether oxygens (including phenoxy) is 2. The molecule has 1 aromatic heterocycles. The monoisotopic (exact) mass is 513 g/mol. The van der Waals surface area contributed by atoms with Gasteiger partial charge in [0.25, 0.3) is 5.56 Å². The number of aromatic nitrogens is 2. The lowest BCUT2D eigenvalue weighted by Crippen LogP contribution is -2.40. The van der Waals surface area contributed by atoms with Crippen LogP contribution in [0.25, 0.3) is 16.6 Å². The first kappa shape index (κ1) is 27.1. The number of para-hydroxylation sites is 3. The molecule has 0 fully saturated rings. The second-order valence-electron chi connectivity index (χ2n) is 9.72. The first-order valence-electron chi connectivity index (χ1n) is 13.0. The molecule has 38 heavy (non-hydrogen) atoms. The first-order chi connectivity index (χ1) is 18.4. The standard InChI is InChI=1S/C31H35N3O4/c1-22(2)18-19-33(29(35)21-38-20-24-12-6-5-7-13-24)23(3)30-32-26-15-9-8-14-25(26)31(36)34(30)27-16-10-11-17-28(27)37-4/h5-17,22-23H,18-21H2,1-4H3. The van der Waals surface area contributed by atoms with Crippen LogP contribution in [0.15, 0.2) is 83.7 Å². The van der Waals surface area contributed by atoms with E-state index in [1.54, 1.807) is 22.6 Å². The summed E-state index contributed by atoms with van der Waals surface area (Å²) in [6, 6.07) is 23.9. The van der Waals surface area contributed by atoms with Gasteiger partial charge in [-0.1, -0.05) is 68.4 Å². The smallest absolute Gasteiger partial charge is 0.266 e. The van der Waals surface area contributed by atoms with E-state index in [0.29, 0.717) is 47.2 Å². The van der Waals surface area contributed by atoms with Crippen molar-refractivity contribution in [1.82, 2.24) is 14.5 Å². The van der Waals surface area contributed by atoms with Crippen molar-refractivity contribution in [2.45, 2.75) is 39.8 Å². The Labute approximate surface area is 223 Å². The number of rotatable bonds is 11. The minimum Gasteiger partial charge on any atom is -0.495 e. The van der Waals surface area contributed by atoms with E-state index in [-0.39, 0.29) is 18.1 Å². The number of fused-ring (bicyclic) bond motifs is 1. The molecule has 4 rings (SSSR count). The van der Waals surface area contributed by atoms with Gasteiger partial charge in [-0.05, 0) is 49.1 Å². The van der Waals surface area contributed by atoms with E-state index >= 15 is 0 Å². The number of amides is 1. The lowest BCUT2D eigenvalue weighted by Gasteiger charge is -2.31. The number of carbonyl (C=O) groups is 1. The zero-order chi connectivity index (χ0) is 27.1. The fraction of sp³-hybridized carbons (Fsp3) is 0.323. The molecule has 4 aromatic rings. The highest BCUT2D eigenvalue weighted by atomic mass is 16.5. The molecular formula is C31H35N3O4. The molecule has 7 nitrogen and oxygen atoms in total. The molecule has 0 aliphatic carbocycles. The highest BCUT2D eigenvalue weighted by molar-refractivity contribution is 5.79. The van der Waals surface area contributed by atoms with Crippen molar-refractivity contribution in [3.63, 3.8) is 0 Å². The van der Waals surface area contributed by atoms with Crippen molar-refractivity contribution >= 4 is 16.8 Å². The summed E-state index contributed by atoms with van der Waals surface area (Å²) in [7, 11) is 1.57. The predicted octanol–water partition coefficient (Wildman–Crippen LogP) is 5.55. The molecule has 1 amide bonds. The first-order valence-corrected chi connectivity index (χ1v) is 13.0. The van der Waals surface area contributed by atoms with Gasteiger partial charge in [-0.2, -0.15) is 0 Å². The largest absolute Gasteiger partial charge is 0.495 e. The number of methoxy groups -OCH3 is 1. The Morgan fingerprint density at radius 1 is 0.947 bits per heavy atom. The average molecular weight is 514 g/mol. The quantitative estimate of drug-likeness (QED) is 0.263. The maximum atomic E-state index is 13.8. The van der Waals surface area contributed by atoms with E-state index < -0.39 is 6.04 Å². The fourth-order valence-electron chi connectivity index (χ4n) is 4.46. The van der Waals surface area contributed by atoms with Gasteiger partial charge < -0.3 is 14.4 Å². The molecule has 1 unspecified atom stereocenters. The van der Waals surface area contributed by atoms with Gasteiger partial charge in [0, 0.05) is 6.54 Å². The van der Waals surface area contributed by atoms with Crippen LogP contribution in [0.5, 0.6) is 5.75 Å². The summed E-state index contributed by atoms with van der Waals surface area (Å²) < 4.78 is 13.0. The van der Waals surface area contributed by atoms with Crippen LogP contribution in [0.1, 0.15) is 44.6 Å². The zero-order valence-corrected chi connectivity index (χ0v) is 22.5. The van der Waals surface area contributed by atoms with Gasteiger partial charge in [-0.25, -0.2) is 4.98 Å². The Morgan fingerprint density at radius 3 is 2.37 bits per heavy atom. The van der Waals surface area contributed by atoms with Crippen LogP contribution in [0.3, 0.4) is 0 Å². The summed E-state index contributed by atoms with van der Waals surface area (Å²) in [6.45, 7) is 6.96. The third kappa shape index (κ3) is 6.11. The van der Waals surface area contributed by atoms with E-state index in [1.807, 2.05) is 79.7 Å². The number of nitrogens with zero attached hydrogens (tertiary/aromatic N) is 3. The topological polar surface area (TPSA) is 73.7 Å². The molecule has 0 aliphatic rings. The van der Waals surface area contributed by atoms with E-state index in [9.17, 15) is 9.59 Å². The summed E-state index contributed by atoms with van der Waals surface area (Å²) in [5.41, 5.74) is 1.96. The summed E-state index contributed by atoms with van der Waals surface area (Å²) >= 11 is 0. The molecule has 0 saturated heterocycles. The normalized spacial score (nSPS) is 12.0. The number of hydrogen-bond donors (Lipinski definition) is 0. The van der Waals surface area contributed by atoms with E-state index in [2.05, 4.69) is 13.8 Å². The minimum absolute atomic E-state index is 0.0657. The van der Waals surface area contributed by atoms with Crippen LogP contribution in [-0.4, -0.2) is 40.6 Å². The predicted molar refractivity (Wildman–Crippen MR) is 150 cm³/mol. The maximum absolute atomic E-state index is 13.8. The van der Waals surface area contributed by atoms with Crippen molar-refractivity contribution in [3.8, 4) is 11.4 Å². The van der Waals surface area contributed by atoms with E-state index in [0.717, 1.165) is 12.0 Å². The Bertz CT molecular complexity index is 1430. The lowest BCUT2D eigenvalue weighted by molar-refractivity contribution is -0.139. The van der Waals surface area contributed by atoms with Gasteiger partial charge in [0.05, 0.1) is 36.3 Å². The Kier molecular flexibility index (Phi) is 8.92. The molecule has 0 bridgehead atoms. The highest BCUT2D eigenvalue weighted by Crippen LogP contribution is 2.28. The van der Waals surface area contributed by atoms with Crippen molar-refractivity contribution < 1.29 is 14.3 Å². The summed E-state index contributed by atoms with van der Waals surface area (Å²) in [5.74, 6) is 1.26. The molecule has 198 valence electrons. The van der Waals surface area contributed by atoms with Gasteiger partial charge in [-0.3, -0.25) is 14.2 Å². The highest BCUT2D eigenvalue weighted by Gasteiger charge is 2.27. The molecule has 0 spiro atoms. The molecule has 1 heterocycles. The van der Waals surface area contributed by atoms with Gasteiger partial charge in [-0.15, -0.1) is 0 Å². The molecular weight excluding hydrogens is 478 g/mol. The van der Waals surface area contributed by atoms with Crippen molar-refractivity contribution in [2.75, 3.05) is 20.3 Å². The molecule has 3 aromatic carbocycles.